The number of carbonyl (C=O) groups excluding carboxylic acids is 1. The molecule has 0 spiro atoms. The number of amides is 1. The molecule has 1 amide bonds. The first kappa shape index (κ1) is 17.1. The van der Waals surface area contributed by atoms with E-state index >= 15 is 0 Å². The molecule has 0 radical (unpaired) electrons. The smallest absolute Gasteiger partial charge is 0.265 e. The number of anilines is 1. The van der Waals surface area contributed by atoms with Crippen LogP contribution >= 0.6 is 0 Å². The first-order chi connectivity index (χ1) is 11.9. The maximum atomic E-state index is 12.5. The van der Waals surface area contributed by atoms with Crippen molar-refractivity contribution >= 4 is 11.6 Å². The summed E-state index contributed by atoms with van der Waals surface area (Å²) in [5, 5.41) is 2.86. The summed E-state index contributed by atoms with van der Waals surface area (Å²) in [6.07, 6.45) is -0.621. The van der Waals surface area contributed by atoms with Crippen LogP contribution in [0.4, 0.5) is 5.69 Å². The van der Waals surface area contributed by atoms with Crippen molar-refractivity contribution in [1.82, 2.24) is 0 Å². The van der Waals surface area contributed by atoms with Gasteiger partial charge in [-0.3, -0.25) is 4.79 Å². The molecule has 0 bridgehead atoms. The fraction of sp³-hybridized carbons (Fsp3) is 0.350. The number of benzene rings is 2. The van der Waals surface area contributed by atoms with Crippen LogP contribution in [0.25, 0.3) is 0 Å². The van der Waals surface area contributed by atoms with Gasteiger partial charge in [0.2, 0.25) is 6.79 Å². The highest BCUT2D eigenvalue weighted by atomic mass is 16.7. The van der Waals surface area contributed by atoms with Crippen LogP contribution in [0, 0.1) is 6.92 Å². The van der Waals surface area contributed by atoms with Gasteiger partial charge in [-0.25, -0.2) is 0 Å². The van der Waals surface area contributed by atoms with Gasteiger partial charge in [-0.2, -0.15) is 0 Å². The van der Waals surface area contributed by atoms with Gasteiger partial charge in [0, 0.05) is 11.8 Å². The Morgan fingerprint density at radius 3 is 2.60 bits per heavy atom. The third kappa shape index (κ3) is 3.87. The number of rotatable bonds is 5. The lowest BCUT2D eigenvalue weighted by Crippen LogP contribution is -2.30. The lowest BCUT2D eigenvalue weighted by atomic mass is 10.0. The molecule has 0 saturated heterocycles. The van der Waals surface area contributed by atoms with E-state index in [1.54, 1.807) is 25.1 Å². The standard InChI is InChI=1S/C20H23NO4/c1-12(2)16-7-5-13(3)9-18(16)25-14(4)20(22)21-15-6-8-17-19(10-15)24-11-23-17/h5-10,12,14H,11H2,1-4H3,(H,21,22). The van der Waals surface area contributed by atoms with Crippen molar-refractivity contribution in [3.8, 4) is 17.2 Å². The second-order valence-corrected chi connectivity index (χ2v) is 6.51. The average Bonchev–Trinajstić information content (AvgIpc) is 3.02. The lowest BCUT2D eigenvalue weighted by molar-refractivity contribution is -0.122. The zero-order valence-corrected chi connectivity index (χ0v) is 15.0. The Morgan fingerprint density at radius 2 is 1.84 bits per heavy atom. The Hall–Kier alpha value is -2.69. The van der Waals surface area contributed by atoms with Crippen molar-refractivity contribution in [2.45, 2.75) is 39.7 Å². The molecular weight excluding hydrogens is 318 g/mol. The van der Waals surface area contributed by atoms with E-state index in [1.165, 1.54) is 0 Å². The summed E-state index contributed by atoms with van der Waals surface area (Å²) >= 11 is 0. The summed E-state index contributed by atoms with van der Waals surface area (Å²) in [6.45, 7) is 8.17. The number of ether oxygens (including phenoxy) is 3. The monoisotopic (exact) mass is 341 g/mol. The molecule has 0 fully saturated rings. The fourth-order valence-corrected chi connectivity index (χ4v) is 2.68. The molecule has 25 heavy (non-hydrogen) atoms. The molecule has 5 heteroatoms. The highest BCUT2D eigenvalue weighted by Gasteiger charge is 2.19. The normalized spacial score (nSPS) is 13.6. The van der Waals surface area contributed by atoms with Crippen LogP contribution in [0.3, 0.4) is 0 Å². The van der Waals surface area contributed by atoms with E-state index in [-0.39, 0.29) is 12.7 Å². The summed E-state index contributed by atoms with van der Waals surface area (Å²) < 4.78 is 16.5. The first-order valence-electron chi connectivity index (χ1n) is 8.42. The Bertz CT molecular complexity index is 785. The predicted molar refractivity (Wildman–Crippen MR) is 96.6 cm³/mol. The second kappa shape index (κ2) is 7.05. The molecule has 1 aliphatic rings. The van der Waals surface area contributed by atoms with Gasteiger partial charge in [-0.05, 0) is 49.1 Å². The minimum Gasteiger partial charge on any atom is -0.481 e. The Kier molecular flexibility index (Phi) is 4.83. The van der Waals surface area contributed by atoms with E-state index in [0.717, 1.165) is 16.9 Å². The predicted octanol–water partition coefficient (Wildman–Crippen LogP) is 4.25. The van der Waals surface area contributed by atoms with Crippen LogP contribution in [-0.2, 0) is 4.79 Å². The van der Waals surface area contributed by atoms with Crippen LogP contribution in [-0.4, -0.2) is 18.8 Å². The van der Waals surface area contributed by atoms with Gasteiger partial charge in [-0.1, -0.05) is 26.0 Å². The number of hydrogen-bond acceptors (Lipinski definition) is 4. The maximum absolute atomic E-state index is 12.5. The van der Waals surface area contributed by atoms with Crippen molar-refractivity contribution in [3.63, 3.8) is 0 Å². The third-order valence-corrected chi connectivity index (χ3v) is 4.10. The van der Waals surface area contributed by atoms with E-state index in [4.69, 9.17) is 14.2 Å². The Labute approximate surface area is 147 Å². The van der Waals surface area contributed by atoms with Crippen molar-refractivity contribution < 1.29 is 19.0 Å². The third-order valence-electron chi connectivity index (χ3n) is 4.10. The summed E-state index contributed by atoms with van der Waals surface area (Å²) in [4.78, 5) is 12.5. The molecular formula is C20H23NO4. The molecule has 1 atom stereocenters. The lowest BCUT2D eigenvalue weighted by Gasteiger charge is -2.19. The number of fused-ring (bicyclic) bond motifs is 1. The van der Waals surface area contributed by atoms with Gasteiger partial charge >= 0.3 is 0 Å². The quantitative estimate of drug-likeness (QED) is 0.883. The molecule has 2 aromatic carbocycles. The van der Waals surface area contributed by atoms with E-state index in [1.807, 2.05) is 13.0 Å². The average molecular weight is 341 g/mol. The van der Waals surface area contributed by atoms with E-state index in [9.17, 15) is 4.79 Å². The van der Waals surface area contributed by atoms with Gasteiger partial charge in [0.1, 0.15) is 5.75 Å². The molecule has 0 aromatic heterocycles. The van der Waals surface area contributed by atoms with Gasteiger partial charge in [0.25, 0.3) is 5.91 Å². The molecule has 3 rings (SSSR count). The zero-order valence-electron chi connectivity index (χ0n) is 15.0. The Morgan fingerprint density at radius 1 is 1.08 bits per heavy atom. The van der Waals surface area contributed by atoms with Crippen LogP contribution in [0.5, 0.6) is 17.2 Å². The molecule has 1 heterocycles. The number of carbonyl (C=O) groups is 1. The van der Waals surface area contributed by atoms with Crippen LogP contribution in [0.15, 0.2) is 36.4 Å². The number of nitrogens with one attached hydrogen (secondary N) is 1. The van der Waals surface area contributed by atoms with E-state index in [2.05, 4.69) is 31.3 Å². The van der Waals surface area contributed by atoms with E-state index < -0.39 is 6.10 Å². The topological polar surface area (TPSA) is 56.8 Å². The Balaban J connectivity index is 1.70. The SMILES string of the molecule is Cc1ccc(C(C)C)c(OC(C)C(=O)Nc2ccc3c(c2)OCO3)c1. The highest BCUT2D eigenvalue weighted by Crippen LogP contribution is 2.34. The summed E-state index contributed by atoms with van der Waals surface area (Å²) in [5.74, 6) is 2.17. The molecule has 0 saturated carbocycles. The molecule has 1 unspecified atom stereocenters. The maximum Gasteiger partial charge on any atom is 0.265 e. The molecule has 2 aromatic rings. The zero-order chi connectivity index (χ0) is 18.0. The molecule has 1 N–H and O–H groups in total. The van der Waals surface area contributed by atoms with Gasteiger partial charge in [-0.15, -0.1) is 0 Å². The van der Waals surface area contributed by atoms with Gasteiger partial charge in [0.15, 0.2) is 17.6 Å². The van der Waals surface area contributed by atoms with Crippen LogP contribution in [0.2, 0.25) is 0 Å². The van der Waals surface area contributed by atoms with Crippen molar-refractivity contribution in [3.05, 3.63) is 47.5 Å². The molecule has 132 valence electrons. The minimum atomic E-state index is -0.621. The van der Waals surface area contributed by atoms with E-state index in [0.29, 0.717) is 23.1 Å². The van der Waals surface area contributed by atoms with Crippen molar-refractivity contribution in [2.75, 3.05) is 12.1 Å². The summed E-state index contributed by atoms with van der Waals surface area (Å²) in [7, 11) is 0. The fourth-order valence-electron chi connectivity index (χ4n) is 2.68. The molecule has 5 nitrogen and oxygen atoms in total. The second-order valence-electron chi connectivity index (χ2n) is 6.51. The largest absolute Gasteiger partial charge is 0.481 e. The van der Waals surface area contributed by atoms with Gasteiger partial charge < -0.3 is 19.5 Å². The highest BCUT2D eigenvalue weighted by molar-refractivity contribution is 5.94. The summed E-state index contributed by atoms with van der Waals surface area (Å²) in [6, 6.07) is 11.4. The molecule has 1 aliphatic heterocycles. The minimum absolute atomic E-state index is 0.206. The number of hydrogen-bond donors (Lipinski definition) is 1. The van der Waals surface area contributed by atoms with Crippen molar-refractivity contribution in [1.29, 1.82) is 0 Å². The molecule has 0 aliphatic carbocycles. The van der Waals surface area contributed by atoms with Crippen molar-refractivity contribution in [2.24, 2.45) is 0 Å². The number of aryl methyl sites for hydroxylation is 1. The van der Waals surface area contributed by atoms with Crippen LogP contribution in [0.1, 0.15) is 37.8 Å². The first-order valence-corrected chi connectivity index (χ1v) is 8.42. The summed E-state index contributed by atoms with van der Waals surface area (Å²) in [5.41, 5.74) is 2.84. The van der Waals surface area contributed by atoms with Crippen LogP contribution < -0.4 is 19.5 Å². The van der Waals surface area contributed by atoms with Gasteiger partial charge in [0.05, 0.1) is 0 Å².